The highest BCUT2D eigenvalue weighted by Crippen LogP contribution is 2.50. The van der Waals surface area contributed by atoms with E-state index in [2.05, 4.69) is 0 Å². The van der Waals surface area contributed by atoms with Crippen LogP contribution in [-0.2, 0) is 9.59 Å². The number of benzene rings is 3. The van der Waals surface area contributed by atoms with Crippen molar-refractivity contribution in [3.05, 3.63) is 102 Å². The van der Waals surface area contributed by atoms with Gasteiger partial charge in [0, 0.05) is 11.5 Å². The van der Waals surface area contributed by atoms with E-state index in [0.29, 0.717) is 29.2 Å². The number of imide groups is 1. The summed E-state index contributed by atoms with van der Waals surface area (Å²) in [4.78, 5) is 42.4. The number of carbonyl (C=O) groups excluding carboxylic acids is 3. The summed E-state index contributed by atoms with van der Waals surface area (Å²) in [5, 5.41) is 0. The fourth-order valence-electron chi connectivity index (χ4n) is 5.47. The molecule has 2 heterocycles. The van der Waals surface area contributed by atoms with Crippen molar-refractivity contribution in [1.82, 2.24) is 0 Å². The van der Waals surface area contributed by atoms with Crippen LogP contribution in [0.25, 0.3) is 0 Å². The molecule has 0 saturated carbocycles. The smallest absolute Gasteiger partial charge is 0.241 e. The minimum absolute atomic E-state index is 0.162. The number of ether oxygens (including phenoxy) is 2. The summed E-state index contributed by atoms with van der Waals surface area (Å²) in [6.07, 6.45) is 1.02. The molecule has 3 aromatic rings. The number of para-hydroxylation sites is 2. The van der Waals surface area contributed by atoms with Crippen LogP contribution in [0.2, 0.25) is 0 Å². The van der Waals surface area contributed by atoms with Gasteiger partial charge in [-0.1, -0.05) is 48.5 Å². The standard InChI is InChI=1S/C29H23NO5/c1-2-34-19-14-12-17(13-15-19)21-16-22-26(31)20-10-6-7-11-23(20)35-27(22)25-24(21)28(32)30(29(25)33)18-8-4-3-5-9-18/h3-16,21,24-25,27H,2H2,1H3/t21-,24-,25-,27-/m1/s1. The minimum Gasteiger partial charge on any atom is -0.494 e. The summed E-state index contributed by atoms with van der Waals surface area (Å²) in [6, 6.07) is 23.5. The molecule has 174 valence electrons. The maximum atomic E-state index is 13.8. The van der Waals surface area contributed by atoms with E-state index >= 15 is 0 Å². The molecule has 0 spiro atoms. The first-order valence-electron chi connectivity index (χ1n) is 11.8. The van der Waals surface area contributed by atoms with E-state index < -0.39 is 23.9 Å². The van der Waals surface area contributed by atoms with Gasteiger partial charge in [-0.2, -0.15) is 0 Å². The molecule has 35 heavy (non-hydrogen) atoms. The largest absolute Gasteiger partial charge is 0.494 e. The quantitative estimate of drug-likeness (QED) is 0.529. The molecule has 6 nitrogen and oxygen atoms in total. The third-order valence-corrected chi connectivity index (χ3v) is 7.01. The van der Waals surface area contributed by atoms with Crippen LogP contribution in [0.5, 0.6) is 11.5 Å². The van der Waals surface area contributed by atoms with E-state index in [-0.39, 0.29) is 17.6 Å². The Labute approximate surface area is 202 Å². The molecule has 2 aliphatic heterocycles. The molecule has 3 aliphatic rings. The second kappa shape index (κ2) is 8.24. The van der Waals surface area contributed by atoms with Gasteiger partial charge in [0.1, 0.15) is 17.6 Å². The highest BCUT2D eigenvalue weighted by Gasteiger charge is 2.59. The number of amides is 2. The summed E-state index contributed by atoms with van der Waals surface area (Å²) in [7, 11) is 0. The third kappa shape index (κ3) is 3.28. The molecule has 3 aromatic carbocycles. The van der Waals surface area contributed by atoms with E-state index in [0.717, 1.165) is 11.3 Å². The van der Waals surface area contributed by atoms with Gasteiger partial charge in [-0.25, -0.2) is 4.90 Å². The van der Waals surface area contributed by atoms with Crippen LogP contribution in [0, 0.1) is 11.8 Å². The Morgan fingerprint density at radius 1 is 0.829 bits per heavy atom. The van der Waals surface area contributed by atoms with Gasteiger partial charge in [-0.15, -0.1) is 0 Å². The Hall–Kier alpha value is -4.19. The van der Waals surface area contributed by atoms with Crippen LogP contribution in [0.15, 0.2) is 90.5 Å². The average molecular weight is 466 g/mol. The minimum atomic E-state index is -0.813. The SMILES string of the molecule is CCOc1ccc([C@H]2C=C3C(=O)c4ccccc4O[C@H]3[C@@H]3C(=O)N(c4ccccc4)C(=O)[C@@H]32)cc1. The number of ketones is 1. The number of Topliss-reactive ketones (excluding diaryl/α,β-unsaturated/α-hetero) is 1. The molecular formula is C29H23NO5. The number of nitrogens with zero attached hydrogens (tertiary/aromatic N) is 1. The van der Waals surface area contributed by atoms with Crippen LogP contribution >= 0.6 is 0 Å². The Kier molecular flexibility index (Phi) is 5.02. The summed E-state index contributed by atoms with van der Waals surface area (Å²) in [6.45, 7) is 2.46. The van der Waals surface area contributed by atoms with Crippen molar-refractivity contribution >= 4 is 23.3 Å². The molecule has 6 rings (SSSR count). The number of hydrogen-bond acceptors (Lipinski definition) is 5. The lowest BCUT2D eigenvalue weighted by atomic mass is 9.68. The van der Waals surface area contributed by atoms with Crippen LogP contribution in [-0.4, -0.2) is 30.3 Å². The molecular weight excluding hydrogens is 442 g/mol. The molecule has 1 fully saturated rings. The van der Waals surface area contributed by atoms with E-state index in [1.165, 1.54) is 4.90 Å². The van der Waals surface area contributed by atoms with Gasteiger partial charge in [-0.3, -0.25) is 14.4 Å². The molecule has 2 amide bonds. The first kappa shape index (κ1) is 21.4. The first-order chi connectivity index (χ1) is 17.1. The van der Waals surface area contributed by atoms with Crippen molar-refractivity contribution in [1.29, 1.82) is 0 Å². The lowest BCUT2D eigenvalue weighted by Crippen LogP contribution is -2.46. The Bertz CT molecular complexity index is 1360. The van der Waals surface area contributed by atoms with Crippen molar-refractivity contribution in [3.8, 4) is 11.5 Å². The molecule has 0 unspecified atom stereocenters. The van der Waals surface area contributed by atoms with Crippen molar-refractivity contribution in [2.45, 2.75) is 18.9 Å². The van der Waals surface area contributed by atoms with Gasteiger partial charge in [-0.05, 0) is 48.9 Å². The van der Waals surface area contributed by atoms with Gasteiger partial charge in [0.2, 0.25) is 11.8 Å². The molecule has 0 radical (unpaired) electrons. The van der Waals surface area contributed by atoms with Crippen LogP contribution in [0.1, 0.15) is 28.8 Å². The zero-order valence-corrected chi connectivity index (χ0v) is 19.1. The van der Waals surface area contributed by atoms with E-state index in [4.69, 9.17) is 9.47 Å². The van der Waals surface area contributed by atoms with Gasteiger partial charge in [0.15, 0.2) is 5.78 Å². The lowest BCUT2D eigenvalue weighted by molar-refractivity contribution is -0.123. The monoisotopic (exact) mass is 465 g/mol. The second-order valence-corrected chi connectivity index (χ2v) is 8.91. The number of hydrogen-bond donors (Lipinski definition) is 0. The summed E-state index contributed by atoms with van der Waals surface area (Å²) in [5.74, 6) is -1.57. The van der Waals surface area contributed by atoms with Crippen molar-refractivity contribution < 1.29 is 23.9 Å². The number of carbonyl (C=O) groups is 3. The second-order valence-electron chi connectivity index (χ2n) is 8.91. The van der Waals surface area contributed by atoms with Crippen molar-refractivity contribution in [3.63, 3.8) is 0 Å². The number of anilines is 1. The topological polar surface area (TPSA) is 72.9 Å². The first-order valence-corrected chi connectivity index (χ1v) is 11.8. The number of allylic oxidation sites excluding steroid dienone is 1. The average Bonchev–Trinajstić information content (AvgIpc) is 3.15. The van der Waals surface area contributed by atoms with Gasteiger partial charge in [0.05, 0.1) is 29.7 Å². The molecule has 1 saturated heterocycles. The molecule has 0 aromatic heterocycles. The van der Waals surface area contributed by atoms with E-state index in [1.807, 2.05) is 43.3 Å². The maximum absolute atomic E-state index is 13.8. The summed E-state index contributed by atoms with van der Waals surface area (Å²) in [5.41, 5.74) is 2.26. The fraction of sp³-hybridized carbons (Fsp3) is 0.207. The fourth-order valence-corrected chi connectivity index (χ4v) is 5.47. The molecule has 6 heteroatoms. The predicted octanol–water partition coefficient (Wildman–Crippen LogP) is 4.56. The maximum Gasteiger partial charge on any atom is 0.241 e. The van der Waals surface area contributed by atoms with Gasteiger partial charge >= 0.3 is 0 Å². The zero-order chi connectivity index (χ0) is 24.1. The molecule has 4 atom stereocenters. The van der Waals surface area contributed by atoms with Gasteiger partial charge in [0.25, 0.3) is 0 Å². The zero-order valence-electron chi connectivity index (χ0n) is 19.1. The highest BCUT2D eigenvalue weighted by molar-refractivity contribution is 6.24. The van der Waals surface area contributed by atoms with Gasteiger partial charge < -0.3 is 9.47 Å². The normalized spacial score (nSPS) is 24.8. The number of rotatable bonds is 4. The Balaban J connectivity index is 1.50. The molecule has 0 N–H and O–H groups in total. The third-order valence-electron chi connectivity index (χ3n) is 7.01. The van der Waals surface area contributed by atoms with Crippen molar-refractivity contribution in [2.24, 2.45) is 11.8 Å². The molecule has 1 aliphatic carbocycles. The van der Waals surface area contributed by atoms with Crippen LogP contribution in [0.3, 0.4) is 0 Å². The summed E-state index contributed by atoms with van der Waals surface area (Å²) >= 11 is 0. The van der Waals surface area contributed by atoms with E-state index in [1.54, 1.807) is 48.5 Å². The Morgan fingerprint density at radius 2 is 1.51 bits per heavy atom. The van der Waals surface area contributed by atoms with Crippen molar-refractivity contribution in [2.75, 3.05) is 11.5 Å². The summed E-state index contributed by atoms with van der Waals surface area (Å²) < 4.78 is 11.8. The Morgan fingerprint density at radius 3 is 2.26 bits per heavy atom. The predicted molar refractivity (Wildman–Crippen MR) is 130 cm³/mol. The number of fused-ring (bicyclic) bond motifs is 4. The molecule has 0 bridgehead atoms. The van der Waals surface area contributed by atoms with Crippen LogP contribution < -0.4 is 14.4 Å². The lowest BCUT2D eigenvalue weighted by Gasteiger charge is -2.38. The van der Waals surface area contributed by atoms with E-state index in [9.17, 15) is 14.4 Å². The highest BCUT2D eigenvalue weighted by atomic mass is 16.5. The van der Waals surface area contributed by atoms with Crippen LogP contribution in [0.4, 0.5) is 5.69 Å².